The largest absolute Gasteiger partial charge is 0.496 e. The van der Waals surface area contributed by atoms with Gasteiger partial charge in [0.05, 0.1) is 7.11 Å². The van der Waals surface area contributed by atoms with Crippen LogP contribution < -0.4 is 4.74 Å². The summed E-state index contributed by atoms with van der Waals surface area (Å²) in [5, 5.41) is 2.49. The molecule has 1 nitrogen and oxygen atoms in total. The van der Waals surface area contributed by atoms with Crippen LogP contribution in [0.4, 0.5) is 0 Å². The molecule has 16 heavy (non-hydrogen) atoms. The molecule has 2 heteroatoms. The maximum atomic E-state index is 5.37. The first-order valence-corrected chi connectivity index (χ1v) is 6.15. The number of hydrogen-bond acceptors (Lipinski definition) is 2. The number of ether oxygens (including phenoxy) is 1. The second-order valence-electron chi connectivity index (χ2n) is 3.80. The van der Waals surface area contributed by atoms with Crippen molar-refractivity contribution in [2.24, 2.45) is 0 Å². The first-order chi connectivity index (χ1) is 7.86. The molecular formula is C14H16OS. The molecule has 2 aromatic carbocycles. The Balaban J connectivity index is 2.51. The fraction of sp³-hybridized carbons (Fsp3) is 0.286. The summed E-state index contributed by atoms with van der Waals surface area (Å²) < 4.78 is 5.37. The van der Waals surface area contributed by atoms with Crippen LogP contribution in [0.2, 0.25) is 0 Å². The number of hydrogen-bond donors (Lipinski definition) is 1. The minimum Gasteiger partial charge on any atom is -0.496 e. The molecular weight excluding hydrogens is 216 g/mol. The van der Waals surface area contributed by atoms with Crippen LogP contribution in [0.3, 0.4) is 0 Å². The van der Waals surface area contributed by atoms with Crippen molar-refractivity contribution in [3.63, 3.8) is 0 Å². The molecule has 0 aliphatic carbocycles. The monoisotopic (exact) mass is 232 g/mol. The summed E-state index contributed by atoms with van der Waals surface area (Å²) in [6.07, 6.45) is 2.19. The second-order valence-corrected chi connectivity index (χ2v) is 4.25. The second kappa shape index (κ2) is 5.26. The summed E-state index contributed by atoms with van der Waals surface area (Å²) in [5.41, 5.74) is 1.38. The molecule has 0 spiro atoms. The van der Waals surface area contributed by atoms with Crippen molar-refractivity contribution in [1.29, 1.82) is 0 Å². The molecule has 0 aromatic heterocycles. The Bertz CT molecular complexity index is 479. The van der Waals surface area contributed by atoms with Crippen LogP contribution in [0, 0.1) is 0 Å². The zero-order valence-corrected chi connectivity index (χ0v) is 10.3. The minimum absolute atomic E-state index is 0.931. The van der Waals surface area contributed by atoms with E-state index in [4.69, 9.17) is 4.74 Å². The van der Waals surface area contributed by atoms with Gasteiger partial charge in [-0.2, -0.15) is 12.6 Å². The number of benzene rings is 2. The van der Waals surface area contributed by atoms with Crippen LogP contribution in [0.25, 0.3) is 10.8 Å². The third-order valence-corrected chi connectivity index (χ3v) is 3.11. The highest BCUT2D eigenvalue weighted by Gasteiger charge is 2.04. The van der Waals surface area contributed by atoms with Crippen LogP contribution in [0.1, 0.15) is 12.0 Å². The van der Waals surface area contributed by atoms with Gasteiger partial charge in [0, 0.05) is 5.39 Å². The molecule has 0 saturated heterocycles. The van der Waals surface area contributed by atoms with Crippen LogP contribution in [-0.2, 0) is 6.42 Å². The number of methoxy groups -OCH3 is 1. The van der Waals surface area contributed by atoms with Gasteiger partial charge in [0.25, 0.3) is 0 Å². The lowest BCUT2D eigenvalue weighted by Crippen LogP contribution is -1.91. The molecule has 84 valence electrons. The predicted octanol–water partition coefficient (Wildman–Crippen LogP) is 3.71. The van der Waals surface area contributed by atoms with Crippen molar-refractivity contribution >= 4 is 23.4 Å². The number of rotatable bonds is 4. The Morgan fingerprint density at radius 1 is 1.06 bits per heavy atom. The van der Waals surface area contributed by atoms with Crippen molar-refractivity contribution in [2.75, 3.05) is 12.9 Å². The Labute approximate surface area is 102 Å². The van der Waals surface area contributed by atoms with E-state index in [1.807, 2.05) is 6.07 Å². The van der Waals surface area contributed by atoms with Gasteiger partial charge in [0.15, 0.2) is 0 Å². The summed E-state index contributed by atoms with van der Waals surface area (Å²) >= 11 is 4.26. The zero-order chi connectivity index (χ0) is 11.4. The number of aryl methyl sites for hydroxylation is 1. The first-order valence-electron chi connectivity index (χ1n) is 5.52. The van der Waals surface area contributed by atoms with E-state index < -0.39 is 0 Å². The van der Waals surface area contributed by atoms with Gasteiger partial charge in [0.2, 0.25) is 0 Å². The van der Waals surface area contributed by atoms with Crippen molar-refractivity contribution in [3.8, 4) is 5.75 Å². The van der Waals surface area contributed by atoms with Gasteiger partial charge in [-0.05, 0) is 35.6 Å². The van der Waals surface area contributed by atoms with Gasteiger partial charge < -0.3 is 4.74 Å². The topological polar surface area (TPSA) is 9.23 Å². The van der Waals surface area contributed by atoms with Crippen molar-refractivity contribution in [1.82, 2.24) is 0 Å². The van der Waals surface area contributed by atoms with Crippen LogP contribution in [0.5, 0.6) is 5.75 Å². The van der Waals surface area contributed by atoms with Gasteiger partial charge in [0.1, 0.15) is 5.75 Å². The Morgan fingerprint density at radius 2 is 1.81 bits per heavy atom. The maximum Gasteiger partial charge on any atom is 0.126 e. The lowest BCUT2D eigenvalue weighted by molar-refractivity contribution is 0.419. The van der Waals surface area contributed by atoms with Gasteiger partial charge >= 0.3 is 0 Å². The lowest BCUT2D eigenvalue weighted by atomic mass is 10.0. The van der Waals surface area contributed by atoms with E-state index in [2.05, 4.69) is 43.0 Å². The van der Waals surface area contributed by atoms with E-state index in [-0.39, 0.29) is 0 Å². The Kier molecular flexibility index (Phi) is 3.73. The summed E-state index contributed by atoms with van der Waals surface area (Å²) in [6.45, 7) is 0. The van der Waals surface area contributed by atoms with Crippen LogP contribution in [-0.4, -0.2) is 12.9 Å². The van der Waals surface area contributed by atoms with Crippen molar-refractivity contribution in [3.05, 3.63) is 42.0 Å². The highest BCUT2D eigenvalue weighted by atomic mass is 32.1. The van der Waals surface area contributed by atoms with Crippen molar-refractivity contribution < 1.29 is 4.74 Å². The molecule has 0 heterocycles. The van der Waals surface area contributed by atoms with Gasteiger partial charge in [-0.25, -0.2) is 0 Å². The van der Waals surface area contributed by atoms with E-state index in [0.717, 1.165) is 24.3 Å². The number of thiol groups is 1. The third-order valence-electron chi connectivity index (χ3n) is 2.80. The van der Waals surface area contributed by atoms with E-state index in [1.165, 1.54) is 16.3 Å². The molecule has 0 radical (unpaired) electrons. The van der Waals surface area contributed by atoms with Gasteiger partial charge in [-0.15, -0.1) is 0 Å². The maximum absolute atomic E-state index is 5.37. The minimum atomic E-state index is 0.931. The summed E-state index contributed by atoms with van der Waals surface area (Å²) in [4.78, 5) is 0. The van der Waals surface area contributed by atoms with Gasteiger partial charge in [-0.3, -0.25) is 0 Å². The average molecular weight is 232 g/mol. The highest BCUT2D eigenvalue weighted by molar-refractivity contribution is 7.80. The van der Waals surface area contributed by atoms with Gasteiger partial charge in [-0.1, -0.05) is 30.3 Å². The van der Waals surface area contributed by atoms with E-state index in [0.29, 0.717) is 0 Å². The molecule has 0 fully saturated rings. The smallest absolute Gasteiger partial charge is 0.126 e. The summed E-state index contributed by atoms with van der Waals surface area (Å²) in [5.74, 6) is 1.88. The van der Waals surface area contributed by atoms with Crippen molar-refractivity contribution in [2.45, 2.75) is 12.8 Å². The molecule has 0 bridgehead atoms. The highest BCUT2D eigenvalue weighted by Crippen LogP contribution is 2.28. The average Bonchev–Trinajstić information content (AvgIpc) is 2.36. The Hall–Kier alpha value is -1.15. The first kappa shape index (κ1) is 11.3. The fourth-order valence-corrected chi connectivity index (χ4v) is 2.16. The van der Waals surface area contributed by atoms with Crippen LogP contribution >= 0.6 is 12.6 Å². The third kappa shape index (κ3) is 2.17. The SMILES string of the molecule is COc1ccc(CCCS)c2ccccc12. The standard InChI is InChI=1S/C14H16OS/c1-15-14-9-8-11(5-4-10-16)12-6-2-3-7-13(12)14/h2-3,6-9,16H,4-5,10H2,1H3. The van der Waals surface area contributed by atoms with E-state index in [9.17, 15) is 0 Å². The quantitative estimate of drug-likeness (QED) is 0.791. The summed E-state index contributed by atoms with van der Waals surface area (Å²) in [6, 6.07) is 12.6. The Morgan fingerprint density at radius 3 is 2.50 bits per heavy atom. The number of fused-ring (bicyclic) bond motifs is 1. The van der Waals surface area contributed by atoms with E-state index >= 15 is 0 Å². The molecule has 0 unspecified atom stereocenters. The fourth-order valence-electron chi connectivity index (χ4n) is 2.00. The predicted molar refractivity (Wildman–Crippen MR) is 72.7 cm³/mol. The molecule has 0 aliphatic rings. The zero-order valence-electron chi connectivity index (χ0n) is 9.44. The normalized spacial score (nSPS) is 10.6. The van der Waals surface area contributed by atoms with Crippen LogP contribution in [0.15, 0.2) is 36.4 Å². The lowest BCUT2D eigenvalue weighted by Gasteiger charge is -2.09. The van der Waals surface area contributed by atoms with E-state index in [1.54, 1.807) is 7.11 Å². The molecule has 0 N–H and O–H groups in total. The molecule has 0 saturated carbocycles. The molecule has 2 aromatic rings. The molecule has 0 aliphatic heterocycles. The molecule has 0 amide bonds. The molecule has 2 rings (SSSR count). The summed E-state index contributed by atoms with van der Waals surface area (Å²) in [7, 11) is 1.72. The molecule has 0 atom stereocenters.